The number of aryl methyl sites for hydroxylation is 1. The number of benzene rings is 1. The third-order valence-electron chi connectivity index (χ3n) is 2.67. The SMILES string of the molecule is CCCCNS(=O)(=O)c1ccc(CN)c(C)c1. The van der Waals surface area contributed by atoms with Crippen molar-refractivity contribution < 1.29 is 8.42 Å². The number of rotatable bonds is 6. The van der Waals surface area contributed by atoms with Crippen LogP contribution in [0, 0.1) is 6.92 Å². The average molecular weight is 256 g/mol. The van der Waals surface area contributed by atoms with E-state index in [1.54, 1.807) is 18.2 Å². The van der Waals surface area contributed by atoms with Gasteiger partial charge in [0.1, 0.15) is 0 Å². The highest BCUT2D eigenvalue weighted by atomic mass is 32.2. The number of unbranched alkanes of at least 4 members (excludes halogenated alkanes) is 1. The molecule has 0 saturated carbocycles. The molecule has 0 bridgehead atoms. The molecule has 0 fully saturated rings. The molecule has 17 heavy (non-hydrogen) atoms. The van der Waals surface area contributed by atoms with Crippen molar-refractivity contribution in [2.24, 2.45) is 5.73 Å². The zero-order valence-corrected chi connectivity index (χ0v) is 11.2. The van der Waals surface area contributed by atoms with Crippen molar-refractivity contribution in [3.63, 3.8) is 0 Å². The molecule has 0 aliphatic heterocycles. The lowest BCUT2D eigenvalue weighted by atomic mass is 10.1. The van der Waals surface area contributed by atoms with E-state index in [9.17, 15) is 8.42 Å². The number of sulfonamides is 1. The maximum Gasteiger partial charge on any atom is 0.240 e. The smallest absolute Gasteiger partial charge is 0.240 e. The summed E-state index contributed by atoms with van der Waals surface area (Å²) in [6.45, 7) is 4.80. The molecular weight excluding hydrogens is 236 g/mol. The lowest BCUT2D eigenvalue weighted by Crippen LogP contribution is -2.24. The Labute approximate surface area is 103 Å². The summed E-state index contributed by atoms with van der Waals surface area (Å²) in [4.78, 5) is 0.309. The van der Waals surface area contributed by atoms with Gasteiger partial charge < -0.3 is 5.73 Å². The van der Waals surface area contributed by atoms with Crippen LogP contribution in [0.25, 0.3) is 0 Å². The molecule has 0 atom stereocenters. The topological polar surface area (TPSA) is 72.2 Å². The van der Waals surface area contributed by atoms with Crippen LogP contribution in [0.4, 0.5) is 0 Å². The molecule has 0 radical (unpaired) electrons. The first kappa shape index (κ1) is 14.2. The summed E-state index contributed by atoms with van der Waals surface area (Å²) in [6, 6.07) is 5.03. The van der Waals surface area contributed by atoms with E-state index in [2.05, 4.69) is 4.72 Å². The monoisotopic (exact) mass is 256 g/mol. The van der Waals surface area contributed by atoms with Crippen LogP contribution < -0.4 is 10.5 Å². The quantitative estimate of drug-likeness (QED) is 0.758. The molecule has 0 heterocycles. The molecule has 1 rings (SSSR count). The lowest BCUT2D eigenvalue weighted by molar-refractivity contribution is 0.578. The zero-order chi connectivity index (χ0) is 12.9. The van der Waals surface area contributed by atoms with E-state index in [0.717, 1.165) is 24.0 Å². The predicted octanol–water partition coefficient (Wildman–Crippen LogP) is 1.53. The molecule has 0 aliphatic rings. The summed E-state index contributed by atoms with van der Waals surface area (Å²) in [5, 5.41) is 0. The van der Waals surface area contributed by atoms with Gasteiger partial charge in [-0.15, -0.1) is 0 Å². The molecule has 0 unspecified atom stereocenters. The minimum absolute atomic E-state index is 0.309. The highest BCUT2D eigenvalue weighted by molar-refractivity contribution is 7.89. The molecule has 1 aromatic carbocycles. The van der Waals surface area contributed by atoms with Gasteiger partial charge in [0, 0.05) is 13.1 Å². The van der Waals surface area contributed by atoms with E-state index >= 15 is 0 Å². The Balaban J connectivity index is 2.88. The first-order valence-electron chi connectivity index (χ1n) is 5.80. The second-order valence-corrected chi connectivity index (χ2v) is 5.81. The number of nitrogens with two attached hydrogens (primary N) is 1. The summed E-state index contributed by atoms with van der Waals surface area (Å²) in [6.07, 6.45) is 1.81. The Morgan fingerprint density at radius 1 is 1.35 bits per heavy atom. The highest BCUT2D eigenvalue weighted by Crippen LogP contribution is 2.15. The Kier molecular flexibility index (Phi) is 5.11. The Morgan fingerprint density at radius 3 is 2.59 bits per heavy atom. The molecule has 3 N–H and O–H groups in total. The van der Waals surface area contributed by atoms with Crippen molar-refractivity contribution in [2.45, 2.75) is 38.1 Å². The van der Waals surface area contributed by atoms with Gasteiger partial charge in [0.25, 0.3) is 0 Å². The van der Waals surface area contributed by atoms with Crippen LogP contribution in [0.1, 0.15) is 30.9 Å². The van der Waals surface area contributed by atoms with Crippen LogP contribution in [-0.2, 0) is 16.6 Å². The molecule has 0 saturated heterocycles. The van der Waals surface area contributed by atoms with Crippen LogP contribution in [0.15, 0.2) is 23.1 Å². The summed E-state index contributed by atoms with van der Waals surface area (Å²) >= 11 is 0. The first-order chi connectivity index (χ1) is 8.01. The summed E-state index contributed by atoms with van der Waals surface area (Å²) in [7, 11) is -3.37. The van der Waals surface area contributed by atoms with Gasteiger partial charge in [-0.3, -0.25) is 0 Å². The molecule has 0 aromatic heterocycles. The maximum absolute atomic E-state index is 11.9. The lowest BCUT2D eigenvalue weighted by Gasteiger charge is -2.09. The second-order valence-electron chi connectivity index (χ2n) is 4.04. The molecule has 0 amide bonds. The van der Waals surface area contributed by atoms with Gasteiger partial charge in [-0.25, -0.2) is 13.1 Å². The van der Waals surface area contributed by atoms with E-state index in [1.807, 2.05) is 13.8 Å². The molecule has 0 aliphatic carbocycles. The van der Waals surface area contributed by atoms with Gasteiger partial charge in [0.15, 0.2) is 0 Å². The van der Waals surface area contributed by atoms with Crippen molar-refractivity contribution in [1.29, 1.82) is 0 Å². The minimum Gasteiger partial charge on any atom is -0.326 e. The standard InChI is InChI=1S/C12H20N2O2S/c1-3-4-7-14-17(15,16)12-6-5-11(9-13)10(2)8-12/h5-6,8,14H,3-4,7,9,13H2,1-2H3. The molecule has 0 spiro atoms. The largest absolute Gasteiger partial charge is 0.326 e. The van der Waals surface area contributed by atoms with Crippen molar-refractivity contribution in [2.75, 3.05) is 6.54 Å². The van der Waals surface area contributed by atoms with Gasteiger partial charge in [-0.1, -0.05) is 19.4 Å². The van der Waals surface area contributed by atoms with Crippen LogP contribution in [-0.4, -0.2) is 15.0 Å². The van der Waals surface area contributed by atoms with Gasteiger partial charge in [0.05, 0.1) is 4.90 Å². The highest BCUT2D eigenvalue weighted by Gasteiger charge is 2.13. The number of hydrogen-bond acceptors (Lipinski definition) is 3. The predicted molar refractivity (Wildman–Crippen MR) is 69.2 cm³/mol. The maximum atomic E-state index is 11.9. The van der Waals surface area contributed by atoms with Crippen molar-refractivity contribution in [1.82, 2.24) is 4.72 Å². The third kappa shape index (κ3) is 3.80. The first-order valence-corrected chi connectivity index (χ1v) is 7.29. The fourth-order valence-electron chi connectivity index (χ4n) is 1.53. The van der Waals surface area contributed by atoms with Gasteiger partial charge in [-0.2, -0.15) is 0 Å². The van der Waals surface area contributed by atoms with Crippen LogP contribution in [0.5, 0.6) is 0 Å². The molecular formula is C12H20N2O2S. The van der Waals surface area contributed by atoms with E-state index in [1.165, 1.54) is 0 Å². The summed E-state index contributed by atoms with van der Waals surface area (Å²) in [5.74, 6) is 0. The zero-order valence-electron chi connectivity index (χ0n) is 10.4. The normalized spacial score (nSPS) is 11.7. The van der Waals surface area contributed by atoms with Gasteiger partial charge in [0.2, 0.25) is 10.0 Å². The van der Waals surface area contributed by atoms with Gasteiger partial charge >= 0.3 is 0 Å². The summed E-state index contributed by atoms with van der Waals surface area (Å²) < 4.78 is 26.4. The summed E-state index contributed by atoms with van der Waals surface area (Å²) in [5.41, 5.74) is 7.42. The van der Waals surface area contributed by atoms with Crippen molar-refractivity contribution >= 4 is 10.0 Å². The molecule has 5 heteroatoms. The molecule has 1 aromatic rings. The van der Waals surface area contributed by atoms with E-state index in [4.69, 9.17) is 5.73 Å². The van der Waals surface area contributed by atoms with Crippen molar-refractivity contribution in [3.8, 4) is 0 Å². The Morgan fingerprint density at radius 2 is 2.06 bits per heavy atom. The van der Waals surface area contributed by atoms with Crippen LogP contribution in [0.2, 0.25) is 0 Å². The molecule has 4 nitrogen and oxygen atoms in total. The number of nitrogens with one attached hydrogen (secondary N) is 1. The average Bonchev–Trinajstić information content (AvgIpc) is 2.29. The third-order valence-corrected chi connectivity index (χ3v) is 4.13. The van der Waals surface area contributed by atoms with Crippen molar-refractivity contribution in [3.05, 3.63) is 29.3 Å². The van der Waals surface area contributed by atoms with E-state index < -0.39 is 10.0 Å². The van der Waals surface area contributed by atoms with E-state index in [0.29, 0.717) is 18.0 Å². The Bertz CT molecular complexity index is 469. The molecule has 96 valence electrons. The Hall–Kier alpha value is -0.910. The van der Waals surface area contributed by atoms with E-state index in [-0.39, 0.29) is 0 Å². The second kappa shape index (κ2) is 6.14. The van der Waals surface area contributed by atoms with Crippen LogP contribution in [0.3, 0.4) is 0 Å². The fraction of sp³-hybridized carbons (Fsp3) is 0.500. The van der Waals surface area contributed by atoms with Gasteiger partial charge in [-0.05, 0) is 36.6 Å². The number of hydrogen-bond donors (Lipinski definition) is 2. The fourth-order valence-corrected chi connectivity index (χ4v) is 2.69. The van der Waals surface area contributed by atoms with Crippen LogP contribution >= 0.6 is 0 Å². The minimum atomic E-state index is -3.37.